The van der Waals surface area contributed by atoms with Gasteiger partial charge in [0, 0.05) is 23.4 Å². The molecule has 0 aliphatic rings. The van der Waals surface area contributed by atoms with Gasteiger partial charge < -0.3 is 0 Å². The van der Waals surface area contributed by atoms with E-state index in [0.717, 1.165) is 31.4 Å². The minimum Gasteiger partial charge on any atom is -0.287 e. The summed E-state index contributed by atoms with van der Waals surface area (Å²) in [7, 11) is 0. The molecule has 3 aromatic rings. The number of aromatic nitrogens is 3. The van der Waals surface area contributed by atoms with Gasteiger partial charge >= 0.3 is 0 Å². The third kappa shape index (κ3) is 3.16. The molecule has 3 aromatic heterocycles. The number of thioether (sulfide) groups is 1. The highest BCUT2D eigenvalue weighted by Crippen LogP contribution is 2.29. The van der Waals surface area contributed by atoms with E-state index in [1.165, 1.54) is 0 Å². The van der Waals surface area contributed by atoms with Crippen molar-refractivity contribution < 1.29 is 0 Å². The molecule has 0 aliphatic carbocycles. The van der Waals surface area contributed by atoms with E-state index in [9.17, 15) is 4.79 Å². The topological polar surface area (TPSA) is 47.8 Å². The lowest BCUT2D eigenvalue weighted by atomic mass is 10.2. The molecule has 7 heteroatoms. The van der Waals surface area contributed by atoms with Crippen LogP contribution >= 0.6 is 34.7 Å². The molecular weight excluding hydrogens is 350 g/mol. The zero-order valence-corrected chi connectivity index (χ0v) is 15.5. The van der Waals surface area contributed by atoms with Gasteiger partial charge in [-0.3, -0.25) is 9.36 Å². The van der Waals surface area contributed by atoms with E-state index in [-0.39, 0.29) is 5.56 Å². The van der Waals surface area contributed by atoms with Crippen LogP contribution in [-0.2, 0) is 12.3 Å². The van der Waals surface area contributed by atoms with Gasteiger partial charge in [-0.25, -0.2) is 9.97 Å². The van der Waals surface area contributed by atoms with Crippen molar-refractivity contribution in [1.29, 1.82) is 0 Å². The first-order valence-electron chi connectivity index (χ1n) is 7.25. The summed E-state index contributed by atoms with van der Waals surface area (Å²) >= 11 is 9.05. The molecule has 0 fully saturated rings. The van der Waals surface area contributed by atoms with Gasteiger partial charge in [0.2, 0.25) is 0 Å². The lowest BCUT2D eigenvalue weighted by Gasteiger charge is -2.10. The van der Waals surface area contributed by atoms with Crippen LogP contribution in [0.5, 0.6) is 0 Å². The number of rotatable bonds is 4. The Hall–Kier alpha value is -1.37. The second-order valence-electron chi connectivity index (χ2n) is 5.18. The van der Waals surface area contributed by atoms with Gasteiger partial charge in [-0.2, -0.15) is 0 Å². The third-order valence-corrected chi connectivity index (χ3v) is 6.08. The first kappa shape index (κ1) is 16.5. The van der Waals surface area contributed by atoms with Crippen molar-refractivity contribution in [3.8, 4) is 0 Å². The summed E-state index contributed by atoms with van der Waals surface area (Å²) in [6.45, 7) is 6.60. The highest BCUT2D eigenvalue weighted by Gasteiger charge is 2.16. The molecule has 4 nitrogen and oxygen atoms in total. The van der Waals surface area contributed by atoms with E-state index >= 15 is 0 Å². The van der Waals surface area contributed by atoms with Crippen LogP contribution in [0.4, 0.5) is 0 Å². The Morgan fingerprint density at radius 3 is 2.87 bits per heavy atom. The zero-order chi connectivity index (χ0) is 16.6. The van der Waals surface area contributed by atoms with Crippen molar-refractivity contribution in [2.45, 2.75) is 38.2 Å². The molecule has 3 heterocycles. The highest BCUT2D eigenvalue weighted by atomic mass is 35.5. The third-order valence-electron chi connectivity index (χ3n) is 3.73. The summed E-state index contributed by atoms with van der Waals surface area (Å²) in [5, 5.41) is 1.98. The Kier molecular flexibility index (Phi) is 4.75. The van der Waals surface area contributed by atoms with Gasteiger partial charge in [-0.05, 0) is 44.0 Å². The van der Waals surface area contributed by atoms with E-state index in [1.807, 2.05) is 32.9 Å². The molecule has 0 radical (unpaired) electrons. The SMILES string of the molecule is CCn1c(SCc2ccnc(Cl)c2)nc2sc(C)c(C)c2c1=O. The minimum atomic E-state index is 0.0506. The Bertz CT molecular complexity index is 933. The number of halogens is 1. The van der Waals surface area contributed by atoms with Crippen molar-refractivity contribution in [3.63, 3.8) is 0 Å². The number of hydrogen-bond donors (Lipinski definition) is 0. The normalized spacial score (nSPS) is 11.3. The predicted octanol–water partition coefficient (Wildman–Crippen LogP) is 4.44. The minimum absolute atomic E-state index is 0.0506. The van der Waals surface area contributed by atoms with Crippen molar-refractivity contribution in [2.75, 3.05) is 0 Å². The Morgan fingerprint density at radius 2 is 2.17 bits per heavy atom. The van der Waals surface area contributed by atoms with Crippen LogP contribution in [-0.4, -0.2) is 14.5 Å². The monoisotopic (exact) mass is 365 g/mol. The molecular formula is C16H16ClN3OS2. The summed E-state index contributed by atoms with van der Waals surface area (Å²) in [4.78, 5) is 23.4. The molecule has 0 saturated carbocycles. The number of pyridine rings is 1. The van der Waals surface area contributed by atoms with Crippen LogP contribution in [0.3, 0.4) is 0 Å². The Morgan fingerprint density at radius 1 is 1.39 bits per heavy atom. The number of aryl methyl sites for hydroxylation is 2. The van der Waals surface area contributed by atoms with Gasteiger partial charge in [-0.15, -0.1) is 11.3 Å². The molecule has 0 amide bonds. The predicted molar refractivity (Wildman–Crippen MR) is 97.8 cm³/mol. The quantitative estimate of drug-likeness (QED) is 0.389. The number of nitrogens with zero attached hydrogens (tertiary/aromatic N) is 3. The van der Waals surface area contributed by atoms with Crippen LogP contribution < -0.4 is 5.56 Å². The van der Waals surface area contributed by atoms with Crippen molar-refractivity contribution >= 4 is 44.9 Å². The smallest absolute Gasteiger partial charge is 0.263 e. The summed E-state index contributed by atoms with van der Waals surface area (Å²) in [6.07, 6.45) is 1.69. The molecule has 0 unspecified atom stereocenters. The fraction of sp³-hybridized carbons (Fsp3) is 0.312. The van der Waals surface area contributed by atoms with Gasteiger partial charge in [-0.1, -0.05) is 23.4 Å². The lowest BCUT2D eigenvalue weighted by molar-refractivity contribution is 0.635. The molecule has 23 heavy (non-hydrogen) atoms. The Balaban J connectivity index is 2.01. The lowest BCUT2D eigenvalue weighted by Crippen LogP contribution is -2.22. The molecule has 0 atom stereocenters. The van der Waals surface area contributed by atoms with E-state index < -0.39 is 0 Å². The molecule has 0 spiro atoms. The van der Waals surface area contributed by atoms with Crippen LogP contribution in [0, 0.1) is 13.8 Å². The second kappa shape index (κ2) is 6.63. The van der Waals surface area contributed by atoms with Gasteiger partial charge in [0.25, 0.3) is 5.56 Å². The van der Waals surface area contributed by atoms with Crippen molar-refractivity contribution in [2.24, 2.45) is 0 Å². The summed E-state index contributed by atoms with van der Waals surface area (Å²) in [5.41, 5.74) is 2.15. The Labute approximate surface area is 147 Å². The van der Waals surface area contributed by atoms with Crippen molar-refractivity contribution in [1.82, 2.24) is 14.5 Å². The van der Waals surface area contributed by atoms with Crippen LogP contribution in [0.2, 0.25) is 5.15 Å². The molecule has 0 saturated heterocycles. The molecule has 0 aromatic carbocycles. The number of fused-ring (bicyclic) bond motifs is 1. The van der Waals surface area contributed by atoms with Gasteiger partial charge in [0.05, 0.1) is 5.39 Å². The second-order valence-corrected chi connectivity index (χ2v) is 7.72. The van der Waals surface area contributed by atoms with Crippen LogP contribution in [0.1, 0.15) is 22.9 Å². The van der Waals surface area contributed by atoms with E-state index in [1.54, 1.807) is 33.9 Å². The molecule has 0 bridgehead atoms. The average Bonchev–Trinajstić information content (AvgIpc) is 2.80. The molecule has 120 valence electrons. The van der Waals surface area contributed by atoms with Gasteiger partial charge in [0.15, 0.2) is 5.16 Å². The fourth-order valence-electron chi connectivity index (χ4n) is 2.38. The molecule has 3 rings (SSSR count). The summed E-state index contributed by atoms with van der Waals surface area (Å²) < 4.78 is 1.74. The highest BCUT2D eigenvalue weighted by molar-refractivity contribution is 7.98. The summed E-state index contributed by atoms with van der Waals surface area (Å²) in [5.74, 6) is 0.698. The standard InChI is InChI=1S/C16H16ClN3OS2/c1-4-20-15(21)13-9(2)10(3)23-14(13)19-16(20)22-8-11-5-6-18-12(17)7-11/h5-7H,4,8H2,1-3H3. The van der Waals surface area contributed by atoms with E-state index in [0.29, 0.717) is 17.5 Å². The average molecular weight is 366 g/mol. The van der Waals surface area contributed by atoms with Crippen LogP contribution in [0.15, 0.2) is 28.3 Å². The fourth-order valence-corrected chi connectivity index (χ4v) is 4.65. The van der Waals surface area contributed by atoms with E-state index in [4.69, 9.17) is 16.6 Å². The molecule has 0 aliphatic heterocycles. The molecule has 0 N–H and O–H groups in total. The maximum absolute atomic E-state index is 12.8. The largest absolute Gasteiger partial charge is 0.287 e. The first-order chi connectivity index (χ1) is 11.0. The summed E-state index contributed by atoms with van der Waals surface area (Å²) in [6, 6.07) is 3.76. The van der Waals surface area contributed by atoms with Crippen LogP contribution in [0.25, 0.3) is 10.2 Å². The maximum Gasteiger partial charge on any atom is 0.263 e. The maximum atomic E-state index is 12.8. The zero-order valence-electron chi connectivity index (χ0n) is 13.1. The number of thiophene rings is 1. The number of hydrogen-bond acceptors (Lipinski definition) is 5. The van der Waals surface area contributed by atoms with E-state index in [2.05, 4.69) is 4.98 Å². The first-order valence-corrected chi connectivity index (χ1v) is 9.43. The van der Waals surface area contributed by atoms with Crippen molar-refractivity contribution in [3.05, 3.63) is 49.8 Å². The van der Waals surface area contributed by atoms with Gasteiger partial charge in [0.1, 0.15) is 9.98 Å².